The van der Waals surface area contributed by atoms with E-state index in [1.165, 1.54) is 0 Å². The third-order valence-electron chi connectivity index (χ3n) is 14.3. The minimum atomic E-state index is 0.508. The van der Waals surface area contributed by atoms with Gasteiger partial charge < -0.3 is 4.42 Å². The topological polar surface area (TPSA) is 103 Å². The van der Waals surface area contributed by atoms with E-state index in [9.17, 15) is 0 Å². The van der Waals surface area contributed by atoms with Gasteiger partial charge in [0.1, 0.15) is 5.52 Å². The first-order valence-corrected chi connectivity index (χ1v) is 24.9. The van der Waals surface area contributed by atoms with Crippen molar-refractivity contribution in [1.82, 2.24) is 34.9 Å². The van der Waals surface area contributed by atoms with Crippen molar-refractivity contribution < 1.29 is 4.42 Å². The Labute approximate surface area is 429 Å². The molecule has 0 unspecified atom stereocenters. The predicted molar refractivity (Wildman–Crippen MR) is 304 cm³/mol. The number of oxazole rings is 1. The zero-order valence-electron chi connectivity index (χ0n) is 40.1. The summed E-state index contributed by atoms with van der Waals surface area (Å²) in [6.45, 7) is 0. The van der Waals surface area contributed by atoms with Crippen molar-refractivity contribution in [3.63, 3.8) is 0 Å². The molecular weight excluding hydrogens is 919 g/mol. The smallest absolute Gasteiger partial charge is 0.227 e. The fourth-order valence-corrected chi connectivity index (χ4v) is 10.6. The van der Waals surface area contributed by atoms with Crippen LogP contribution in [0, 0.1) is 0 Å². The maximum atomic E-state index is 7.02. The van der Waals surface area contributed by atoms with Gasteiger partial charge in [-0.25, -0.2) is 15.0 Å². The lowest BCUT2D eigenvalue weighted by molar-refractivity contribution is 0.623. The van der Waals surface area contributed by atoms with Crippen LogP contribution in [-0.2, 0) is 0 Å². The quantitative estimate of drug-likeness (QED) is 0.146. The highest BCUT2D eigenvalue weighted by Gasteiger charge is 2.20. The molecule has 0 spiro atoms. The van der Waals surface area contributed by atoms with Crippen LogP contribution < -0.4 is 0 Å². The van der Waals surface area contributed by atoms with E-state index in [-0.39, 0.29) is 0 Å². The molecule has 75 heavy (non-hydrogen) atoms. The summed E-state index contributed by atoms with van der Waals surface area (Å²) in [6.07, 6.45) is 7.65. The molecule has 0 saturated heterocycles. The summed E-state index contributed by atoms with van der Waals surface area (Å²) in [5.41, 5.74) is 16.5. The van der Waals surface area contributed by atoms with Crippen LogP contribution in [0.2, 0.25) is 0 Å². The van der Waals surface area contributed by atoms with Crippen LogP contribution in [0.3, 0.4) is 0 Å². The molecule has 0 radical (unpaired) electrons. The standard InChI is InChI=1S/C67H39N7O/c1-9-21-57-40(13-1)25-49(36-68-57)61-32-46(33-62(72-61)50-26-41-14-2-10-22-58(41)69-37-50)44-29-45(31-48(30-44)67-74-65-55-19-7-5-17-53(55)54-18-6-8-20-56(54)66(65)75-67)47-34-63(51-27-42-15-3-11-23-59(42)70-38-51)73-64(35-47)52-28-43-16-4-12-24-60(43)71-39-52/h1-39H. The zero-order chi connectivity index (χ0) is 49.4. The highest BCUT2D eigenvalue weighted by Crippen LogP contribution is 2.42. The highest BCUT2D eigenvalue weighted by molar-refractivity contribution is 6.23. The second-order valence-electron chi connectivity index (χ2n) is 19.0. The van der Waals surface area contributed by atoms with Gasteiger partial charge in [0.25, 0.3) is 0 Å². The summed E-state index contributed by atoms with van der Waals surface area (Å²) in [4.78, 5) is 35.7. The number of rotatable bonds is 7. The van der Waals surface area contributed by atoms with E-state index in [4.69, 9.17) is 39.3 Å². The Hall–Kier alpha value is -10.3. The van der Waals surface area contributed by atoms with E-state index < -0.39 is 0 Å². The number of para-hydroxylation sites is 4. The molecule has 0 atom stereocenters. The average Bonchev–Trinajstić information content (AvgIpc) is 3.95. The summed E-state index contributed by atoms with van der Waals surface area (Å²) in [6, 6.07) is 73.4. The Bertz CT molecular complexity index is 4320. The molecule has 348 valence electrons. The first-order chi connectivity index (χ1) is 37.1. The molecule has 0 aliphatic carbocycles. The molecule has 0 N–H and O–H groups in total. The molecule has 15 rings (SSSR count). The Morgan fingerprint density at radius 3 is 0.987 bits per heavy atom. The monoisotopic (exact) mass is 957 g/mol. The molecule has 8 nitrogen and oxygen atoms in total. The van der Waals surface area contributed by atoms with Crippen molar-refractivity contribution in [2.45, 2.75) is 0 Å². The molecule has 15 aromatic rings. The minimum absolute atomic E-state index is 0.508. The number of aromatic nitrogens is 7. The van der Waals surface area contributed by atoms with Crippen molar-refractivity contribution in [3.05, 3.63) is 237 Å². The van der Waals surface area contributed by atoms with E-state index in [1.807, 2.05) is 97.6 Å². The molecule has 8 heteroatoms. The number of pyridine rings is 6. The summed E-state index contributed by atoms with van der Waals surface area (Å²) in [5, 5.41) is 8.41. The summed E-state index contributed by atoms with van der Waals surface area (Å²) in [7, 11) is 0. The third kappa shape index (κ3) is 7.51. The van der Waals surface area contributed by atoms with E-state index in [0.29, 0.717) is 5.89 Å². The first kappa shape index (κ1) is 42.4. The van der Waals surface area contributed by atoms with Gasteiger partial charge in [0, 0.05) is 84.9 Å². The van der Waals surface area contributed by atoms with Crippen molar-refractivity contribution in [2.24, 2.45) is 0 Å². The lowest BCUT2D eigenvalue weighted by atomic mass is 9.93. The van der Waals surface area contributed by atoms with Gasteiger partial charge in [0.15, 0.2) is 5.58 Å². The molecule has 0 aliphatic rings. The summed E-state index contributed by atoms with van der Waals surface area (Å²) in [5.74, 6) is 0.508. The number of hydrogen-bond donors (Lipinski definition) is 0. The number of hydrogen-bond acceptors (Lipinski definition) is 8. The maximum Gasteiger partial charge on any atom is 0.227 e. The summed E-state index contributed by atoms with van der Waals surface area (Å²) >= 11 is 0. The fraction of sp³-hybridized carbons (Fsp3) is 0. The lowest BCUT2D eigenvalue weighted by Crippen LogP contribution is -1.95. The Balaban J connectivity index is 0.995. The zero-order valence-corrected chi connectivity index (χ0v) is 40.1. The Kier molecular flexibility index (Phi) is 9.71. The molecular formula is C67H39N7O. The van der Waals surface area contributed by atoms with E-state index >= 15 is 0 Å². The molecule has 0 saturated carbocycles. The Morgan fingerprint density at radius 1 is 0.253 bits per heavy atom. The van der Waals surface area contributed by atoms with Crippen molar-refractivity contribution >= 4 is 76.3 Å². The van der Waals surface area contributed by atoms with Gasteiger partial charge in [-0.15, -0.1) is 0 Å². The van der Waals surface area contributed by atoms with Gasteiger partial charge in [-0.2, -0.15) is 0 Å². The minimum Gasteiger partial charge on any atom is -0.435 e. The Morgan fingerprint density at radius 2 is 0.573 bits per heavy atom. The van der Waals surface area contributed by atoms with Crippen LogP contribution in [0.5, 0.6) is 0 Å². The van der Waals surface area contributed by atoms with Gasteiger partial charge in [0.05, 0.1) is 44.8 Å². The van der Waals surface area contributed by atoms with Gasteiger partial charge in [-0.1, -0.05) is 121 Å². The second-order valence-corrected chi connectivity index (χ2v) is 19.0. The lowest BCUT2D eigenvalue weighted by Gasteiger charge is -2.15. The van der Waals surface area contributed by atoms with E-state index in [0.717, 1.165) is 149 Å². The van der Waals surface area contributed by atoms with Crippen LogP contribution >= 0.6 is 0 Å². The number of nitrogens with zero attached hydrogens (tertiary/aromatic N) is 7. The SMILES string of the molecule is c1ccc2ncc(-c3cc(-c4cc(-c5cc(-c6cnc7ccccc7c6)nc(-c6cnc7ccccc7c6)c5)cc(-c5nc6c7ccccc7c7ccccc7c6o5)c4)cc(-c4cnc5ccccc5c4)n3)cc2c1. The van der Waals surface area contributed by atoms with Gasteiger partial charge >= 0.3 is 0 Å². The average molecular weight is 958 g/mol. The van der Waals surface area contributed by atoms with Crippen molar-refractivity contribution in [1.29, 1.82) is 0 Å². The normalized spacial score (nSPS) is 11.7. The third-order valence-corrected chi connectivity index (χ3v) is 14.3. The highest BCUT2D eigenvalue weighted by atomic mass is 16.3. The predicted octanol–water partition coefficient (Wildman–Crippen LogP) is 16.8. The molecule has 0 aliphatic heterocycles. The first-order valence-electron chi connectivity index (χ1n) is 24.9. The molecule has 7 aromatic heterocycles. The van der Waals surface area contributed by atoms with Crippen molar-refractivity contribution in [2.75, 3.05) is 0 Å². The van der Waals surface area contributed by atoms with Crippen LogP contribution in [0.25, 0.3) is 155 Å². The molecule has 0 amide bonds. The van der Waals surface area contributed by atoms with Crippen LogP contribution in [0.1, 0.15) is 0 Å². The second kappa shape index (κ2) is 17.2. The van der Waals surface area contributed by atoms with Gasteiger partial charge in [-0.05, 0) is 124 Å². The van der Waals surface area contributed by atoms with E-state index in [2.05, 4.69) is 140 Å². The molecule has 0 fully saturated rings. The summed E-state index contributed by atoms with van der Waals surface area (Å²) < 4.78 is 7.02. The van der Waals surface area contributed by atoms with E-state index in [1.54, 1.807) is 0 Å². The van der Waals surface area contributed by atoms with Crippen LogP contribution in [0.15, 0.2) is 242 Å². The largest absolute Gasteiger partial charge is 0.435 e. The van der Waals surface area contributed by atoms with Gasteiger partial charge in [-0.3, -0.25) is 19.9 Å². The number of benzene rings is 8. The fourth-order valence-electron chi connectivity index (χ4n) is 10.6. The van der Waals surface area contributed by atoms with Crippen LogP contribution in [-0.4, -0.2) is 34.9 Å². The number of fused-ring (bicyclic) bond motifs is 10. The molecule has 7 heterocycles. The molecule has 0 bridgehead atoms. The van der Waals surface area contributed by atoms with Crippen LogP contribution in [0.4, 0.5) is 0 Å². The molecule has 8 aromatic carbocycles. The van der Waals surface area contributed by atoms with Gasteiger partial charge in [0.2, 0.25) is 5.89 Å². The van der Waals surface area contributed by atoms with Crippen molar-refractivity contribution in [3.8, 4) is 78.7 Å². The maximum absolute atomic E-state index is 7.02.